The van der Waals surface area contributed by atoms with Crippen LogP contribution in [0.3, 0.4) is 0 Å². The largest absolute Gasteiger partial charge is 0.497 e. The van der Waals surface area contributed by atoms with Gasteiger partial charge in [-0.15, -0.1) is 0 Å². The van der Waals surface area contributed by atoms with Gasteiger partial charge in [-0.1, -0.05) is 28.1 Å². The molecule has 0 saturated carbocycles. The van der Waals surface area contributed by atoms with Crippen LogP contribution < -0.4 is 10.1 Å². The van der Waals surface area contributed by atoms with Crippen LogP contribution in [0.25, 0.3) is 0 Å². The minimum atomic E-state index is -0.246. The highest BCUT2D eigenvalue weighted by atomic mass is 79.9. The van der Waals surface area contributed by atoms with Crippen LogP contribution in [-0.4, -0.2) is 7.11 Å². The van der Waals surface area contributed by atoms with E-state index in [-0.39, 0.29) is 11.9 Å². The summed E-state index contributed by atoms with van der Waals surface area (Å²) in [5.74, 6) is 0.555. The maximum absolute atomic E-state index is 13.1. The molecule has 2 aromatic rings. The third-order valence-corrected chi connectivity index (χ3v) is 3.57. The van der Waals surface area contributed by atoms with Crippen molar-refractivity contribution in [3.05, 3.63) is 58.3 Å². The van der Waals surface area contributed by atoms with Crippen molar-refractivity contribution in [2.24, 2.45) is 0 Å². The van der Waals surface area contributed by atoms with Crippen molar-refractivity contribution in [3.63, 3.8) is 0 Å². The highest BCUT2D eigenvalue weighted by molar-refractivity contribution is 9.10. The summed E-state index contributed by atoms with van der Waals surface area (Å²) in [6.45, 7) is 2.03. The van der Waals surface area contributed by atoms with Crippen molar-refractivity contribution in [3.8, 4) is 5.75 Å². The molecule has 1 unspecified atom stereocenters. The van der Waals surface area contributed by atoms with Gasteiger partial charge in [-0.3, -0.25) is 0 Å². The molecule has 0 aliphatic rings. The molecule has 0 spiro atoms. The van der Waals surface area contributed by atoms with Crippen LogP contribution in [0.2, 0.25) is 0 Å². The maximum atomic E-state index is 13.1. The maximum Gasteiger partial charge on any atom is 0.124 e. The molecule has 0 aromatic heterocycles. The topological polar surface area (TPSA) is 21.3 Å². The number of rotatable bonds is 4. The van der Waals surface area contributed by atoms with Gasteiger partial charge in [0.25, 0.3) is 0 Å². The van der Waals surface area contributed by atoms with Gasteiger partial charge in [0.05, 0.1) is 7.11 Å². The Bertz CT molecular complexity index is 574. The van der Waals surface area contributed by atoms with Crippen LogP contribution in [0.4, 0.5) is 10.1 Å². The fourth-order valence-corrected chi connectivity index (χ4v) is 2.59. The number of methoxy groups -OCH3 is 1. The lowest BCUT2D eigenvalue weighted by atomic mass is 10.1. The zero-order valence-electron chi connectivity index (χ0n) is 10.8. The van der Waals surface area contributed by atoms with Crippen molar-refractivity contribution in [2.75, 3.05) is 12.4 Å². The molecule has 0 radical (unpaired) electrons. The van der Waals surface area contributed by atoms with Gasteiger partial charge in [-0.05, 0) is 36.8 Å². The van der Waals surface area contributed by atoms with Crippen molar-refractivity contribution in [1.82, 2.24) is 0 Å². The summed E-state index contributed by atoms with van der Waals surface area (Å²) >= 11 is 3.38. The number of benzene rings is 2. The van der Waals surface area contributed by atoms with Gasteiger partial charge < -0.3 is 10.1 Å². The molecule has 0 fully saturated rings. The highest BCUT2D eigenvalue weighted by Gasteiger charge is 2.10. The molecule has 0 aliphatic heterocycles. The van der Waals surface area contributed by atoms with E-state index in [9.17, 15) is 4.39 Å². The molecule has 1 atom stereocenters. The van der Waals surface area contributed by atoms with Crippen LogP contribution in [0, 0.1) is 5.82 Å². The number of hydrogen-bond donors (Lipinski definition) is 1. The second-order valence-electron chi connectivity index (χ2n) is 4.26. The van der Waals surface area contributed by atoms with E-state index in [2.05, 4.69) is 21.2 Å². The SMILES string of the molecule is COc1cccc(NC(C)c2ccc(F)cc2Br)c1. The van der Waals surface area contributed by atoms with E-state index in [0.29, 0.717) is 0 Å². The zero-order valence-corrected chi connectivity index (χ0v) is 12.4. The Morgan fingerprint density at radius 3 is 2.68 bits per heavy atom. The average molecular weight is 324 g/mol. The standard InChI is InChI=1S/C15H15BrFNO/c1-10(14-7-6-11(17)8-15(14)16)18-12-4-3-5-13(9-12)19-2/h3-10,18H,1-2H3. The normalized spacial score (nSPS) is 12.0. The minimum Gasteiger partial charge on any atom is -0.497 e. The summed E-state index contributed by atoms with van der Waals surface area (Å²) in [4.78, 5) is 0. The van der Waals surface area contributed by atoms with Crippen LogP contribution in [-0.2, 0) is 0 Å². The van der Waals surface area contributed by atoms with E-state index >= 15 is 0 Å². The third-order valence-electron chi connectivity index (χ3n) is 2.88. The lowest BCUT2D eigenvalue weighted by Gasteiger charge is -2.17. The molecule has 0 amide bonds. The van der Waals surface area contributed by atoms with Crippen molar-refractivity contribution in [1.29, 1.82) is 0 Å². The summed E-state index contributed by atoms with van der Waals surface area (Å²) in [5, 5.41) is 3.36. The predicted molar refractivity (Wildman–Crippen MR) is 79.1 cm³/mol. The molecule has 2 aromatic carbocycles. The second kappa shape index (κ2) is 6.06. The molecule has 1 N–H and O–H groups in total. The Hall–Kier alpha value is -1.55. The lowest BCUT2D eigenvalue weighted by Crippen LogP contribution is -2.07. The van der Waals surface area contributed by atoms with E-state index in [1.165, 1.54) is 12.1 Å². The van der Waals surface area contributed by atoms with Crippen LogP contribution >= 0.6 is 15.9 Å². The first kappa shape index (κ1) is 13.9. The molecule has 2 nitrogen and oxygen atoms in total. The number of anilines is 1. The molecule has 2 rings (SSSR count). The van der Waals surface area contributed by atoms with E-state index in [4.69, 9.17) is 4.74 Å². The summed E-state index contributed by atoms with van der Waals surface area (Å²) < 4.78 is 19.0. The molecular weight excluding hydrogens is 309 g/mol. The average Bonchev–Trinajstić information content (AvgIpc) is 2.38. The van der Waals surface area contributed by atoms with Gasteiger partial charge in [0.2, 0.25) is 0 Å². The second-order valence-corrected chi connectivity index (χ2v) is 5.12. The summed E-state index contributed by atoms with van der Waals surface area (Å²) in [6.07, 6.45) is 0. The van der Waals surface area contributed by atoms with Crippen molar-refractivity contribution >= 4 is 21.6 Å². The minimum absolute atomic E-state index is 0.0575. The quantitative estimate of drug-likeness (QED) is 0.875. The number of hydrogen-bond acceptors (Lipinski definition) is 2. The Balaban J connectivity index is 2.17. The molecule has 4 heteroatoms. The van der Waals surface area contributed by atoms with Gasteiger partial charge in [0, 0.05) is 22.3 Å². The molecule has 0 heterocycles. The first-order valence-corrected chi connectivity index (χ1v) is 6.75. The summed E-state index contributed by atoms with van der Waals surface area (Å²) in [5.41, 5.74) is 1.97. The van der Waals surface area contributed by atoms with Gasteiger partial charge in [0.1, 0.15) is 11.6 Å². The lowest BCUT2D eigenvalue weighted by molar-refractivity contribution is 0.415. The van der Waals surface area contributed by atoms with Gasteiger partial charge in [-0.2, -0.15) is 0 Å². The Labute approximate surface area is 120 Å². The highest BCUT2D eigenvalue weighted by Crippen LogP contribution is 2.28. The molecular formula is C15H15BrFNO. The first-order valence-electron chi connectivity index (χ1n) is 5.95. The Morgan fingerprint density at radius 2 is 2.00 bits per heavy atom. The van der Waals surface area contributed by atoms with Crippen molar-refractivity contribution in [2.45, 2.75) is 13.0 Å². The molecule has 19 heavy (non-hydrogen) atoms. The van der Waals surface area contributed by atoms with E-state index in [1.807, 2.05) is 31.2 Å². The smallest absolute Gasteiger partial charge is 0.124 e. The van der Waals surface area contributed by atoms with Gasteiger partial charge in [0.15, 0.2) is 0 Å². The number of ether oxygens (including phenoxy) is 1. The van der Waals surface area contributed by atoms with Crippen LogP contribution in [0.15, 0.2) is 46.9 Å². The first-order chi connectivity index (χ1) is 9.10. The molecule has 0 bridgehead atoms. The van der Waals surface area contributed by atoms with Gasteiger partial charge >= 0.3 is 0 Å². The summed E-state index contributed by atoms with van der Waals surface area (Å²) in [7, 11) is 1.64. The number of halogens is 2. The fraction of sp³-hybridized carbons (Fsp3) is 0.200. The predicted octanol–water partition coefficient (Wildman–Crippen LogP) is 4.77. The monoisotopic (exact) mass is 323 g/mol. The van der Waals surface area contributed by atoms with E-state index in [0.717, 1.165) is 21.5 Å². The third kappa shape index (κ3) is 3.47. The molecule has 100 valence electrons. The Morgan fingerprint density at radius 1 is 1.21 bits per heavy atom. The summed E-state index contributed by atoms with van der Waals surface area (Å²) in [6, 6.07) is 12.5. The Kier molecular flexibility index (Phi) is 4.43. The number of nitrogens with one attached hydrogen (secondary N) is 1. The van der Waals surface area contributed by atoms with Crippen molar-refractivity contribution < 1.29 is 9.13 Å². The van der Waals surface area contributed by atoms with E-state index < -0.39 is 0 Å². The fourth-order valence-electron chi connectivity index (χ4n) is 1.89. The zero-order chi connectivity index (χ0) is 13.8. The molecule has 0 aliphatic carbocycles. The molecule has 0 saturated heterocycles. The van der Waals surface area contributed by atoms with Crippen LogP contribution in [0.1, 0.15) is 18.5 Å². The van der Waals surface area contributed by atoms with E-state index in [1.54, 1.807) is 13.2 Å². The van der Waals surface area contributed by atoms with Crippen LogP contribution in [0.5, 0.6) is 5.75 Å². The van der Waals surface area contributed by atoms with Gasteiger partial charge in [-0.25, -0.2) is 4.39 Å².